The smallest absolute Gasteiger partial charge is 0.413 e. The molecule has 3 amide bonds. The van der Waals surface area contributed by atoms with Gasteiger partial charge in [0.05, 0.1) is 28.8 Å². The maximum atomic E-state index is 15.0. The summed E-state index contributed by atoms with van der Waals surface area (Å²) in [5.41, 5.74) is 2.79. The Hall–Kier alpha value is -3.90. The maximum absolute atomic E-state index is 15.0. The molecule has 2 aromatic rings. The minimum Gasteiger partial charge on any atom is -0.488 e. The Balaban J connectivity index is 1.62. The summed E-state index contributed by atoms with van der Waals surface area (Å²) in [6.45, 7) is 17.1. The third-order valence-electron chi connectivity index (χ3n) is 6.40. The number of aromatic nitrogens is 1. The summed E-state index contributed by atoms with van der Waals surface area (Å²) >= 11 is 6.27. The third-order valence-corrected chi connectivity index (χ3v) is 6.72. The fourth-order valence-corrected chi connectivity index (χ4v) is 4.58. The van der Waals surface area contributed by atoms with Gasteiger partial charge in [-0.25, -0.2) is 14.2 Å². The van der Waals surface area contributed by atoms with Crippen LogP contribution in [0.25, 0.3) is 0 Å². The van der Waals surface area contributed by atoms with E-state index in [-0.39, 0.29) is 41.2 Å². The number of carbonyl (C=O) groups is 3. The monoisotopic (exact) mass is 619 g/mol. The second-order valence-electron chi connectivity index (χ2n) is 11.7. The highest BCUT2D eigenvalue weighted by atomic mass is 35.5. The van der Waals surface area contributed by atoms with Crippen molar-refractivity contribution in [3.8, 4) is 5.75 Å². The van der Waals surface area contributed by atoms with Crippen molar-refractivity contribution in [2.75, 3.05) is 24.7 Å². The number of benzene rings is 1. The molecule has 0 saturated carbocycles. The Bertz CT molecular complexity index is 1350. The van der Waals surface area contributed by atoms with Crippen molar-refractivity contribution in [2.45, 2.75) is 71.9 Å². The van der Waals surface area contributed by atoms with Gasteiger partial charge in [0.15, 0.2) is 11.6 Å². The van der Waals surface area contributed by atoms with Gasteiger partial charge in [-0.1, -0.05) is 17.7 Å². The molecule has 43 heavy (non-hydrogen) atoms. The van der Waals surface area contributed by atoms with E-state index in [0.29, 0.717) is 12.4 Å². The number of nitrogens with zero attached hydrogens (tertiary/aromatic N) is 3. The van der Waals surface area contributed by atoms with Crippen molar-refractivity contribution in [3.63, 3.8) is 0 Å². The maximum Gasteiger partial charge on any atom is 0.413 e. The van der Waals surface area contributed by atoms with Crippen LogP contribution in [0.4, 0.5) is 15.0 Å². The molecule has 1 unspecified atom stereocenters. The Morgan fingerprint density at radius 2 is 1.93 bits per heavy atom. The molecule has 1 aliphatic heterocycles. The topological polar surface area (TPSA) is 122 Å². The molecule has 0 radical (unpaired) electrons. The molecule has 1 atom stereocenters. The van der Waals surface area contributed by atoms with Gasteiger partial charge in [-0.05, 0) is 66.7 Å². The van der Waals surface area contributed by atoms with Crippen molar-refractivity contribution >= 4 is 35.3 Å². The zero-order valence-corrected chi connectivity index (χ0v) is 26.3. The SMILES string of the molecule is C=CCN(c1ccc(C(=O)NNC(=O)c2cc(F)c(OCC3COC(C)(C)N3C(=O)OC(C)(C)C)cc2Cl)cn1)C(C)C. The Kier molecular flexibility index (Phi) is 10.6. The molecule has 0 spiro atoms. The van der Waals surface area contributed by atoms with Crippen molar-refractivity contribution in [1.29, 1.82) is 0 Å². The van der Waals surface area contributed by atoms with E-state index in [4.69, 9.17) is 25.8 Å². The number of hydrogen-bond acceptors (Lipinski definition) is 8. The molecule has 2 N–H and O–H groups in total. The van der Waals surface area contributed by atoms with Crippen LogP contribution in [0.5, 0.6) is 5.75 Å². The van der Waals surface area contributed by atoms with Crippen LogP contribution in [0.1, 0.15) is 69.2 Å². The zero-order chi connectivity index (χ0) is 32.1. The first kappa shape index (κ1) is 33.6. The van der Waals surface area contributed by atoms with Crippen LogP contribution in [-0.4, -0.2) is 71.0 Å². The molecular weight excluding hydrogens is 581 g/mol. The summed E-state index contributed by atoms with van der Waals surface area (Å²) in [6, 6.07) is 4.91. The average molecular weight is 620 g/mol. The van der Waals surface area contributed by atoms with Crippen molar-refractivity contribution in [1.82, 2.24) is 20.7 Å². The molecule has 2 heterocycles. The molecule has 13 heteroatoms. The van der Waals surface area contributed by atoms with E-state index in [0.717, 1.165) is 12.1 Å². The number of halogens is 2. The number of nitrogens with one attached hydrogen (secondary N) is 2. The Labute approximate surface area is 256 Å². The molecule has 1 fully saturated rings. The van der Waals surface area contributed by atoms with Crippen molar-refractivity contribution < 1.29 is 33.0 Å². The lowest BCUT2D eigenvalue weighted by Crippen LogP contribution is -2.51. The largest absolute Gasteiger partial charge is 0.488 e. The highest BCUT2D eigenvalue weighted by Crippen LogP contribution is 2.31. The van der Waals surface area contributed by atoms with Gasteiger partial charge in [-0.2, -0.15) is 0 Å². The number of hydrazine groups is 1. The first-order valence-electron chi connectivity index (χ1n) is 13.8. The van der Waals surface area contributed by atoms with Gasteiger partial charge in [0.25, 0.3) is 11.8 Å². The van der Waals surface area contributed by atoms with Gasteiger partial charge in [0.2, 0.25) is 0 Å². The normalized spacial score (nSPS) is 16.0. The summed E-state index contributed by atoms with van der Waals surface area (Å²) in [4.78, 5) is 45.8. The van der Waals surface area contributed by atoms with Crippen LogP contribution in [0.15, 0.2) is 43.1 Å². The second kappa shape index (κ2) is 13.6. The van der Waals surface area contributed by atoms with Crippen LogP contribution in [-0.2, 0) is 9.47 Å². The fourth-order valence-electron chi connectivity index (χ4n) is 4.34. The lowest BCUT2D eigenvalue weighted by atomic mass is 10.2. The molecule has 1 aliphatic rings. The highest BCUT2D eigenvalue weighted by molar-refractivity contribution is 6.34. The van der Waals surface area contributed by atoms with Gasteiger partial charge in [0.1, 0.15) is 23.8 Å². The summed E-state index contributed by atoms with van der Waals surface area (Å²) in [5, 5.41) is -0.114. The summed E-state index contributed by atoms with van der Waals surface area (Å²) in [5.74, 6) is -1.89. The third kappa shape index (κ3) is 8.57. The second-order valence-corrected chi connectivity index (χ2v) is 12.1. The van der Waals surface area contributed by atoms with E-state index in [1.807, 2.05) is 18.7 Å². The van der Waals surface area contributed by atoms with Gasteiger partial charge in [-0.3, -0.25) is 25.3 Å². The van der Waals surface area contributed by atoms with Crippen molar-refractivity contribution in [2.24, 2.45) is 0 Å². The zero-order valence-electron chi connectivity index (χ0n) is 25.5. The first-order valence-corrected chi connectivity index (χ1v) is 14.1. The minimum atomic E-state index is -0.961. The summed E-state index contributed by atoms with van der Waals surface area (Å²) in [7, 11) is 0. The summed E-state index contributed by atoms with van der Waals surface area (Å²) < 4.78 is 31.8. The molecule has 1 aromatic carbocycles. The standard InChI is InChI=1S/C30H39ClFN5O6/c1-9-12-36(18(2)3)25-11-10-19(15-33-25)26(38)34-35-27(39)21-13-23(32)24(14-22(21)31)41-16-20-17-42-30(7,8)37(20)28(40)43-29(4,5)6/h9-11,13-15,18,20H,1,12,16-17H2,2-8H3,(H,34,38)(H,35,39). The van der Waals surface area contributed by atoms with Crippen LogP contribution >= 0.6 is 11.6 Å². The number of pyridine rings is 1. The molecule has 0 aliphatic carbocycles. The van der Waals surface area contributed by atoms with E-state index in [2.05, 4.69) is 22.4 Å². The van der Waals surface area contributed by atoms with E-state index in [9.17, 15) is 18.8 Å². The fraction of sp³-hybridized carbons (Fsp3) is 0.467. The molecule has 3 rings (SSSR count). The van der Waals surface area contributed by atoms with E-state index >= 15 is 0 Å². The van der Waals surface area contributed by atoms with E-state index < -0.39 is 41.1 Å². The predicted molar refractivity (Wildman–Crippen MR) is 161 cm³/mol. The molecule has 234 valence electrons. The Morgan fingerprint density at radius 3 is 2.51 bits per heavy atom. The van der Waals surface area contributed by atoms with Gasteiger partial charge in [-0.15, -0.1) is 6.58 Å². The van der Waals surface area contributed by atoms with Crippen LogP contribution in [0, 0.1) is 5.82 Å². The average Bonchev–Trinajstić information content (AvgIpc) is 3.23. The molecule has 1 saturated heterocycles. The lowest BCUT2D eigenvalue weighted by molar-refractivity contribution is -0.0637. The van der Waals surface area contributed by atoms with Crippen molar-refractivity contribution in [3.05, 3.63) is 65.1 Å². The first-order chi connectivity index (χ1) is 20.0. The molecule has 0 bridgehead atoms. The highest BCUT2D eigenvalue weighted by Gasteiger charge is 2.46. The van der Waals surface area contributed by atoms with E-state index in [1.165, 1.54) is 11.1 Å². The van der Waals surface area contributed by atoms with Gasteiger partial charge in [0, 0.05) is 24.8 Å². The molecule has 1 aromatic heterocycles. The molecule has 11 nitrogen and oxygen atoms in total. The number of anilines is 1. The number of hydrogen-bond donors (Lipinski definition) is 2. The number of rotatable bonds is 9. The van der Waals surface area contributed by atoms with Gasteiger partial charge < -0.3 is 19.1 Å². The Morgan fingerprint density at radius 1 is 1.26 bits per heavy atom. The molecular formula is C30H39ClFN5O6. The van der Waals surface area contributed by atoms with Crippen LogP contribution < -0.4 is 20.5 Å². The quantitative estimate of drug-likeness (QED) is 0.294. The van der Waals surface area contributed by atoms with Crippen LogP contribution in [0.2, 0.25) is 5.02 Å². The number of ether oxygens (including phenoxy) is 3. The predicted octanol–water partition coefficient (Wildman–Crippen LogP) is 5.10. The van der Waals surface area contributed by atoms with Crippen LogP contribution in [0.3, 0.4) is 0 Å². The van der Waals surface area contributed by atoms with E-state index in [1.54, 1.807) is 52.8 Å². The lowest BCUT2D eigenvalue weighted by Gasteiger charge is -2.35. The van der Waals surface area contributed by atoms with Gasteiger partial charge >= 0.3 is 6.09 Å². The number of carbonyl (C=O) groups excluding carboxylic acids is 3. The summed E-state index contributed by atoms with van der Waals surface area (Å²) in [6.07, 6.45) is 2.55. The number of amides is 3. The minimum absolute atomic E-state index is 0.114.